The Kier molecular flexibility index (Phi) is 2.56. The van der Waals surface area contributed by atoms with Gasteiger partial charge in [0.1, 0.15) is 0 Å². The van der Waals surface area contributed by atoms with Crippen LogP contribution >= 0.6 is 0 Å². The van der Waals surface area contributed by atoms with E-state index in [0.717, 1.165) is 13.2 Å². The van der Waals surface area contributed by atoms with Crippen molar-refractivity contribution in [3.63, 3.8) is 0 Å². The maximum absolute atomic E-state index is 12.5. The molecule has 4 heteroatoms. The SMILES string of the molecule is O=C1OC(=O)C2C3C=CC(C12)C1C2C=CC(C4C5C=CC(C6COCC56)C24)C31. The molecule has 0 aromatic heterocycles. The van der Waals surface area contributed by atoms with Crippen molar-refractivity contribution in [3.8, 4) is 0 Å². The molecule has 14 unspecified atom stereocenters. The van der Waals surface area contributed by atoms with Crippen LogP contribution < -0.4 is 0 Å². The van der Waals surface area contributed by atoms with Gasteiger partial charge in [-0.15, -0.1) is 0 Å². The summed E-state index contributed by atoms with van der Waals surface area (Å²) in [5, 5.41) is 0. The highest BCUT2D eigenvalue weighted by molar-refractivity contribution is 5.97. The van der Waals surface area contributed by atoms with Crippen LogP contribution in [0, 0.1) is 82.9 Å². The summed E-state index contributed by atoms with van der Waals surface area (Å²) in [5.41, 5.74) is 0. The smallest absolute Gasteiger partial charge is 0.318 e. The number of carbonyl (C=O) groups is 2. The first kappa shape index (κ1) is 15.2. The molecule has 9 aliphatic carbocycles. The first-order chi connectivity index (χ1) is 13.7. The third-order valence-corrected chi connectivity index (χ3v) is 10.2. The van der Waals surface area contributed by atoms with Crippen molar-refractivity contribution in [3.05, 3.63) is 36.5 Å². The fourth-order valence-electron chi connectivity index (χ4n) is 9.67. The highest BCUT2D eigenvalue weighted by Gasteiger charge is 2.70. The normalized spacial score (nSPS) is 63.3. The maximum atomic E-state index is 12.5. The third kappa shape index (κ3) is 1.46. The first-order valence-electron chi connectivity index (χ1n) is 11.1. The summed E-state index contributed by atoms with van der Waals surface area (Å²) >= 11 is 0. The third-order valence-electron chi connectivity index (χ3n) is 10.2. The molecule has 0 spiro atoms. The number of ether oxygens (including phenoxy) is 2. The summed E-state index contributed by atoms with van der Waals surface area (Å²) in [7, 11) is 0. The van der Waals surface area contributed by atoms with E-state index in [1.54, 1.807) is 0 Å². The zero-order valence-electron chi connectivity index (χ0n) is 15.6. The fraction of sp³-hybridized carbons (Fsp3) is 0.667. The molecule has 144 valence electrons. The molecule has 3 saturated carbocycles. The van der Waals surface area contributed by atoms with E-state index in [1.807, 2.05) is 0 Å². The molecule has 28 heavy (non-hydrogen) atoms. The molecular formula is C24H24O4. The second-order valence-electron chi connectivity index (χ2n) is 10.6. The number of cyclic esters (lactones) is 2. The first-order valence-corrected chi connectivity index (χ1v) is 11.1. The van der Waals surface area contributed by atoms with Crippen LogP contribution in [-0.2, 0) is 19.1 Å². The van der Waals surface area contributed by atoms with Gasteiger partial charge in [0.15, 0.2) is 0 Å². The lowest BCUT2D eigenvalue weighted by molar-refractivity contribution is -0.161. The highest BCUT2D eigenvalue weighted by Crippen LogP contribution is 2.71. The molecule has 4 nitrogen and oxygen atoms in total. The Labute approximate surface area is 164 Å². The van der Waals surface area contributed by atoms with Crippen molar-refractivity contribution in [2.75, 3.05) is 13.2 Å². The predicted molar refractivity (Wildman–Crippen MR) is 98.2 cm³/mol. The molecule has 11 aliphatic rings. The predicted octanol–water partition coefficient (Wildman–Crippen LogP) is 2.48. The Morgan fingerprint density at radius 2 is 0.964 bits per heavy atom. The fourth-order valence-corrected chi connectivity index (χ4v) is 9.67. The van der Waals surface area contributed by atoms with E-state index in [2.05, 4.69) is 36.5 Å². The van der Waals surface area contributed by atoms with Crippen LogP contribution in [0.1, 0.15) is 0 Å². The van der Waals surface area contributed by atoms with Crippen LogP contribution in [0.3, 0.4) is 0 Å². The lowest BCUT2D eigenvalue weighted by Gasteiger charge is -2.68. The summed E-state index contributed by atoms with van der Waals surface area (Å²) in [4.78, 5) is 25.1. The highest BCUT2D eigenvalue weighted by atomic mass is 16.6. The van der Waals surface area contributed by atoms with Gasteiger partial charge in [-0.25, -0.2) is 0 Å². The Hall–Kier alpha value is -1.68. The van der Waals surface area contributed by atoms with Gasteiger partial charge in [-0.1, -0.05) is 36.5 Å². The standard InChI is InChI=1S/C24H24O4/c25-23-21-13-5-6-14(22(21)24(26)28-23)20-12-4-3-11(19(13)20)17-9-1-2-10(18(12)17)16-8-27-7-15(9)16/h1-6,9-22H,7-8H2. The Balaban J connectivity index is 1.28. The average molecular weight is 376 g/mol. The van der Waals surface area contributed by atoms with Crippen LogP contribution in [0.2, 0.25) is 0 Å². The monoisotopic (exact) mass is 376 g/mol. The molecule has 0 aromatic carbocycles. The molecule has 2 heterocycles. The van der Waals surface area contributed by atoms with Crippen molar-refractivity contribution >= 4 is 11.9 Å². The molecule has 11 rings (SSSR count). The minimum Gasteiger partial charge on any atom is -0.393 e. The van der Waals surface area contributed by atoms with Crippen molar-refractivity contribution in [1.29, 1.82) is 0 Å². The molecule has 0 N–H and O–H groups in total. The molecular weight excluding hydrogens is 352 g/mol. The second-order valence-corrected chi connectivity index (χ2v) is 10.6. The quantitative estimate of drug-likeness (QED) is 0.370. The number of allylic oxidation sites excluding steroid dienone is 6. The number of hydrogen-bond acceptors (Lipinski definition) is 4. The van der Waals surface area contributed by atoms with E-state index in [4.69, 9.17) is 9.47 Å². The number of hydrogen-bond donors (Lipinski definition) is 0. The average Bonchev–Trinajstić information content (AvgIpc) is 3.36. The van der Waals surface area contributed by atoms with E-state index in [1.165, 1.54) is 0 Å². The Morgan fingerprint density at radius 1 is 0.571 bits per heavy atom. The lowest BCUT2D eigenvalue weighted by atomic mass is 9.35. The Bertz CT molecular complexity index is 832. The molecule has 14 atom stereocenters. The van der Waals surface area contributed by atoms with Gasteiger partial charge in [0.05, 0.1) is 25.0 Å². The maximum Gasteiger partial charge on any atom is 0.318 e. The van der Waals surface area contributed by atoms with Crippen molar-refractivity contribution in [2.45, 2.75) is 0 Å². The van der Waals surface area contributed by atoms with Gasteiger partial charge in [-0.2, -0.15) is 0 Å². The van der Waals surface area contributed by atoms with E-state index in [9.17, 15) is 9.59 Å². The minimum atomic E-state index is -0.260. The van der Waals surface area contributed by atoms with Gasteiger partial charge < -0.3 is 9.47 Å². The van der Waals surface area contributed by atoms with Crippen LogP contribution in [0.5, 0.6) is 0 Å². The molecule has 2 saturated heterocycles. The summed E-state index contributed by atoms with van der Waals surface area (Å²) in [6.45, 7) is 1.85. The summed E-state index contributed by atoms with van der Waals surface area (Å²) in [6, 6.07) is 0. The van der Waals surface area contributed by atoms with E-state index >= 15 is 0 Å². The summed E-state index contributed by atoms with van der Waals surface area (Å²) in [5.74, 6) is 5.43. The minimum absolute atomic E-state index is 0.178. The number of esters is 2. The molecule has 0 aromatic rings. The van der Waals surface area contributed by atoms with Crippen molar-refractivity contribution in [1.82, 2.24) is 0 Å². The van der Waals surface area contributed by atoms with Gasteiger partial charge in [-0.3, -0.25) is 9.59 Å². The van der Waals surface area contributed by atoms with Crippen LogP contribution in [0.4, 0.5) is 0 Å². The van der Waals surface area contributed by atoms with Gasteiger partial charge in [0.25, 0.3) is 0 Å². The summed E-state index contributed by atoms with van der Waals surface area (Å²) in [6.07, 6.45) is 14.6. The lowest BCUT2D eigenvalue weighted by Crippen LogP contribution is -2.65. The van der Waals surface area contributed by atoms with E-state index < -0.39 is 0 Å². The van der Waals surface area contributed by atoms with Crippen molar-refractivity contribution in [2.24, 2.45) is 82.9 Å². The Morgan fingerprint density at radius 3 is 1.46 bits per heavy atom. The topological polar surface area (TPSA) is 52.6 Å². The molecule has 0 amide bonds. The largest absolute Gasteiger partial charge is 0.393 e. The van der Waals surface area contributed by atoms with Gasteiger partial charge in [0.2, 0.25) is 0 Å². The number of carbonyl (C=O) groups excluding carboxylic acids is 2. The van der Waals surface area contributed by atoms with Gasteiger partial charge in [0, 0.05) is 0 Å². The molecule has 5 fully saturated rings. The van der Waals surface area contributed by atoms with E-state index in [0.29, 0.717) is 59.2 Å². The molecule has 6 bridgehead atoms. The van der Waals surface area contributed by atoms with Crippen molar-refractivity contribution < 1.29 is 19.1 Å². The zero-order chi connectivity index (χ0) is 18.3. The number of rotatable bonds is 0. The summed E-state index contributed by atoms with van der Waals surface area (Å²) < 4.78 is 11.1. The van der Waals surface area contributed by atoms with E-state index in [-0.39, 0.29) is 35.6 Å². The van der Waals surface area contributed by atoms with Gasteiger partial charge >= 0.3 is 11.9 Å². The zero-order valence-corrected chi connectivity index (χ0v) is 15.6. The second kappa shape index (κ2) is 4.72. The van der Waals surface area contributed by atoms with Crippen LogP contribution in [-0.4, -0.2) is 25.2 Å². The van der Waals surface area contributed by atoms with Crippen LogP contribution in [0.15, 0.2) is 36.5 Å². The van der Waals surface area contributed by atoms with Crippen LogP contribution in [0.25, 0.3) is 0 Å². The van der Waals surface area contributed by atoms with Gasteiger partial charge in [-0.05, 0) is 71.0 Å². The molecule has 2 aliphatic heterocycles. The molecule has 0 radical (unpaired) electrons.